The number of thioether (sulfide) groups is 1. The van der Waals surface area contributed by atoms with Gasteiger partial charge in [-0.25, -0.2) is 0 Å². The Bertz CT molecular complexity index is 1050. The molecule has 0 atom stereocenters. The Morgan fingerprint density at radius 1 is 1.19 bits per heavy atom. The highest BCUT2D eigenvalue weighted by Crippen LogP contribution is 2.33. The number of nitrogens with one attached hydrogen (secondary N) is 1. The van der Waals surface area contributed by atoms with Crippen LogP contribution in [0.5, 0.6) is 0 Å². The van der Waals surface area contributed by atoms with Crippen LogP contribution in [-0.4, -0.2) is 27.0 Å². The van der Waals surface area contributed by atoms with E-state index < -0.39 is 5.91 Å². The molecular weight excluding hydrogens is 436 g/mol. The largest absolute Gasteiger partial charge is 0.283 e. The van der Waals surface area contributed by atoms with E-state index >= 15 is 0 Å². The SMILES string of the molecule is N=C1/C(=C/c2cccc(Br)c2)C(=O)N=C2SC(c3ccccc3Cl)=NN12. The van der Waals surface area contributed by atoms with Crippen LogP contribution in [0.4, 0.5) is 0 Å². The molecule has 5 nitrogen and oxygen atoms in total. The van der Waals surface area contributed by atoms with E-state index in [9.17, 15) is 4.79 Å². The van der Waals surface area contributed by atoms with Gasteiger partial charge in [0.15, 0.2) is 5.84 Å². The van der Waals surface area contributed by atoms with E-state index in [1.807, 2.05) is 42.5 Å². The average molecular weight is 446 g/mol. The molecule has 1 N–H and O–H groups in total. The number of carbonyl (C=O) groups excluding carboxylic acids is 1. The number of amides is 1. The lowest BCUT2D eigenvalue weighted by molar-refractivity contribution is -0.114. The predicted octanol–water partition coefficient (Wildman–Crippen LogP) is 4.77. The summed E-state index contributed by atoms with van der Waals surface area (Å²) < 4.78 is 0.890. The fraction of sp³-hybridized carbons (Fsp3) is 0. The van der Waals surface area contributed by atoms with Crippen molar-refractivity contribution < 1.29 is 4.79 Å². The zero-order valence-electron chi connectivity index (χ0n) is 13.1. The summed E-state index contributed by atoms with van der Waals surface area (Å²) in [5, 5.41) is 15.7. The summed E-state index contributed by atoms with van der Waals surface area (Å²) >= 11 is 10.9. The minimum atomic E-state index is -0.454. The number of benzene rings is 2. The molecule has 2 aromatic rings. The average Bonchev–Trinajstić information content (AvgIpc) is 3.03. The lowest BCUT2D eigenvalue weighted by Crippen LogP contribution is -2.35. The van der Waals surface area contributed by atoms with Crippen LogP contribution in [0.25, 0.3) is 6.08 Å². The van der Waals surface area contributed by atoms with Crippen LogP contribution in [0.3, 0.4) is 0 Å². The zero-order valence-corrected chi connectivity index (χ0v) is 16.3. The van der Waals surface area contributed by atoms with Gasteiger partial charge >= 0.3 is 0 Å². The zero-order chi connectivity index (χ0) is 18.3. The fourth-order valence-electron chi connectivity index (χ4n) is 2.50. The number of hydrogen-bond donors (Lipinski definition) is 1. The van der Waals surface area contributed by atoms with E-state index in [-0.39, 0.29) is 11.4 Å². The second-order valence-corrected chi connectivity index (χ2v) is 7.74. The highest BCUT2D eigenvalue weighted by Gasteiger charge is 2.36. The molecule has 0 unspecified atom stereocenters. The summed E-state index contributed by atoms with van der Waals surface area (Å²) in [4.78, 5) is 16.5. The van der Waals surface area contributed by atoms with Crippen LogP contribution in [0, 0.1) is 5.41 Å². The Kier molecular flexibility index (Phi) is 4.52. The van der Waals surface area contributed by atoms with Gasteiger partial charge in [0.2, 0.25) is 5.17 Å². The molecule has 0 bridgehead atoms. The number of fused-ring (bicyclic) bond motifs is 1. The van der Waals surface area contributed by atoms with Crippen LogP contribution < -0.4 is 0 Å². The van der Waals surface area contributed by atoms with Gasteiger partial charge in [-0.1, -0.05) is 57.9 Å². The molecular formula is C18H10BrClN4OS. The van der Waals surface area contributed by atoms with E-state index in [1.165, 1.54) is 16.8 Å². The van der Waals surface area contributed by atoms with E-state index in [4.69, 9.17) is 17.0 Å². The molecule has 0 spiro atoms. The lowest BCUT2D eigenvalue weighted by atomic mass is 10.1. The number of rotatable bonds is 2. The Morgan fingerprint density at radius 3 is 2.77 bits per heavy atom. The molecule has 2 aliphatic rings. The van der Waals surface area contributed by atoms with Crippen molar-refractivity contribution in [1.82, 2.24) is 5.01 Å². The third kappa shape index (κ3) is 3.13. The molecule has 0 fully saturated rings. The third-order valence-corrected chi connectivity index (χ3v) is 5.48. The van der Waals surface area contributed by atoms with Crippen molar-refractivity contribution in [2.24, 2.45) is 10.1 Å². The number of aliphatic imine (C=N–C) groups is 1. The standard InChI is InChI=1S/C18H10BrClN4OS/c19-11-5-3-4-10(8-11)9-13-15(21)24-18(22-16(13)25)26-17(23-24)12-6-1-2-7-14(12)20/h1-9,21H/b13-9-,21-15?. The predicted molar refractivity (Wildman–Crippen MR) is 110 cm³/mol. The number of hydrazone groups is 1. The first kappa shape index (κ1) is 17.2. The minimum absolute atomic E-state index is 0.00507. The molecule has 0 saturated heterocycles. The summed E-state index contributed by atoms with van der Waals surface area (Å²) in [7, 11) is 0. The molecule has 8 heteroatoms. The summed E-state index contributed by atoms with van der Waals surface area (Å²) in [5.41, 5.74) is 1.74. The van der Waals surface area contributed by atoms with E-state index in [2.05, 4.69) is 26.0 Å². The van der Waals surface area contributed by atoms with Crippen LogP contribution in [0.15, 0.2) is 68.7 Å². The smallest absolute Gasteiger partial charge is 0.282 e. The second kappa shape index (κ2) is 6.83. The highest BCUT2D eigenvalue weighted by atomic mass is 79.9. The Labute approximate surface area is 167 Å². The van der Waals surface area contributed by atoms with Crippen LogP contribution >= 0.6 is 39.3 Å². The number of hydrogen-bond acceptors (Lipinski definition) is 4. The first-order valence-corrected chi connectivity index (χ1v) is 9.52. The van der Waals surface area contributed by atoms with Gasteiger partial charge in [-0.15, -0.1) is 0 Å². The van der Waals surface area contributed by atoms with Crippen LogP contribution in [0.1, 0.15) is 11.1 Å². The fourth-order valence-corrected chi connectivity index (χ4v) is 4.13. The molecule has 0 aromatic heterocycles. The van der Waals surface area contributed by atoms with Gasteiger partial charge in [0.25, 0.3) is 5.91 Å². The van der Waals surface area contributed by atoms with Crippen molar-refractivity contribution in [2.45, 2.75) is 0 Å². The molecule has 2 aromatic carbocycles. The van der Waals surface area contributed by atoms with Crippen LogP contribution in [-0.2, 0) is 4.79 Å². The number of amidine groups is 2. The first-order chi connectivity index (χ1) is 12.5. The molecule has 2 aliphatic heterocycles. The van der Waals surface area contributed by atoms with Gasteiger partial charge < -0.3 is 0 Å². The van der Waals surface area contributed by atoms with Crippen LogP contribution in [0.2, 0.25) is 5.02 Å². The van der Waals surface area contributed by atoms with Crippen molar-refractivity contribution in [1.29, 1.82) is 5.41 Å². The maximum atomic E-state index is 12.4. The molecule has 1 amide bonds. The molecule has 128 valence electrons. The van der Waals surface area contributed by atoms with E-state index in [0.29, 0.717) is 15.2 Å². The second-order valence-electron chi connectivity index (χ2n) is 5.46. The van der Waals surface area contributed by atoms with Crippen molar-refractivity contribution in [2.75, 3.05) is 0 Å². The van der Waals surface area contributed by atoms with Crippen molar-refractivity contribution >= 4 is 67.3 Å². The lowest BCUT2D eigenvalue weighted by Gasteiger charge is -2.20. The summed E-state index contributed by atoms with van der Waals surface area (Å²) in [5.74, 6) is -0.459. The number of halogens is 2. The van der Waals surface area contributed by atoms with E-state index in [1.54, 1.807) is 12.1 Å². The van der Waals surface area contributed by atoms with Gasteiger partial charge in [0.05, 0.1) is 10.6 Å². The summed E-state index contributed by atoms with van der Waals surface area (Å²) in [6, 6.07) is 14.8. The Morgan fingerprint density at radius 2 is 2.00 bits per heavy atom. The van der Waals surface area contributed by atoms with Gasteiger partial charge in [-0.2, -0.15) is 15.1 Å². The van der Waals surface area contributed by atoms with E-state index in [0.717, 1.165) is 15.6 Å². The molecule has 0 radical (unpaired) electrons. The van der Waals surface area contributed by atoms with Crippen molar-refractivity contribution in [3.63, 3.8) is 0 Å². The first-order valence-electron chi connectivity index (χ1n) is 7.53. The molecule has 0 aliphatic carbocycles. The summed E-state index contributed by atoms with van der Waals surface area (Å²) in [6.45, 7) is 0. The van der Waals surface area contributed by atoms with Crippen molar-refractivity contribution in [3.05, 3.63) is 74.7 Å². The molecule has 4 rings (SSSR count). The maximum Gasteiger partial charge on any atom is 0.283 e. The van der Waals surface area contributed by atoms with Gasteiger partial charge in [0.1, 0.15) is 5.04 Å². The quantitative estimate of drug-likeness (QED) is 0.677. The molecule has 26 heavy (non-hydrogen) atoms. The Balaban J connectivity index is 1.72. The maximum absolute atomic E-state index is 12.4. The molecule has 2 heterocycles. The normalized spacial score (nSPS) is 18.1. The summed E-state index contributed by atoms with van der Waals surface area (Å²) in [6.07, 6.45) is 1.64. The third-order valence-electron chi connectivity index (χ3n) is 3.72. The van der Waals surface area contributed by atoms with Crippen molar-refractivity contribution in [3.8, 4) is 0 Å². The topological polar surface area (TPSA) is 68.9 Å². The highest BCUT2D eigenvalue weighted by molar-refractivity contribution is 9.10. The Hall–Kier alpha value is -2.22. The number of nitrogens with zero attached hydrogens (tertiary/aromatic N) is 3. The molecule has 0 saturated carbocycles. The van der Waals surface area contributed by atoms with Gasteiger partial charge in [0, 0.05) is 10.0 Å². The van der Waals surface area contributed by atoms with Gasteiger partial charge in [-0.05, 0) is 41.6 Å². The monoisotopic (exact) mass is 444 g/mol. The minimum Gasteiger partial charge on any atom is -0.282 e. The number of carbonyl (C=O) groups is 1. The van der Waals surface area contributed by atoms with Gasteiger partial charge in [-0.3, -0.25) is 10.2 Å².